The second-order valence-electron chi connectivity index (χ2n) is 4.75. The van der Waals surface area contributed by atoms with Crippen molar-refractivity contribution < 1.29 is 9.66 Å². The van der Waals surface area contributed by atoms with Crippen molar-refractivity contribution in [3.05, 3.63) is 45.7 Å². The minimum Gasteiger partial charge on any atom is -0.383 e. The second-order valence-corrected chi connectivity index (χ2v) is 6.13. The van der Waals surface area contributed by atoms with Crippen LogP contribution < -0.4 is 0 Å². The summed E-state index contributed by atoms with van der Waals surface area (Å²) in [7, 11) is 1.63. The Morgan fingerprint density at radius 3 is 2.79 bits per heavy atom. The molecule has 0 aliphatic heterocycles. The molecule has 124 valence electrons. The number of ether oxygens (including phenoxy) is 1. The van der Waals surface area contributed by atoms with Gasteiger partial charge < -0.3 is 9.30 Å². The maximum atomic E-state index is 10.7. The molecular formula is C14H12ClN5O3S. The number of methoxy groups -OCH3 is 1. The minimum atomic E-state index is -0.537. The standard InChI is InChI=1S/C14H12ClN5O3S/c1-23-5-4-19-12-3-2-9(15)6-11(12)18-14(19)24-13-16-7-10(8-17-13)20(21)22/h2-3,6-8H,4-5H2,1H3. The molecule has 0 amide bonds. The number of halogens is 1. The summed E-state index contributed by atoms with van der Waals surface area (Å²) >= 11 is 7.25. The molecule has 0 unspecified atom stereocenters. The summed E-state index contributed by atoms with van der Waals surface area (Å²) in [6.07, 6.45) is 2.35. The van der Waals surface area contributed by atoms with Gasteiger partial charge in [-0.1, -0.05) is 11.6 Å². The van der Waals surface area contributed by atoms with E-state index in [1.807, 2.05) is 10.6 Å². The zero-order valence-electron chi connectivity index (χ0n) is 12.5. The summed E-state index contributed by atoms with van der Waals surface area (Å²) in [6.45, 7) is 1.12. The average molecular weight is 366 g/mol. The molecule has 0 aliphatic rings. The number of hydrogen-bond acceptors (Lipinski definition) is 7. The van der Waals surface area contributed by atoms with Gasteiger partial charge in [0, 0.05) is 18.7 Å². The first-order chi connectivity index (χ1) is 11.6. The number of aromatic nitrogens is 4. The van der Waals surface area contributed by atoms with Crippen molar-refractivity contribution in [3.8, 4) is 0 Å². The van der Waals surface area contributed by atoms with Gasteiger partial charge in [-0.2, -0.15) is 0 Å². The molecule has 1 aromatic carbocycles. The van der Waals surface area contributed by atoms with E-state index in [-0.39, 0.29) is 5.69 Å². The zero-order valence-corrected chi connectivity index (χ0v) is 14.1. The molecule has 2 heterocycles. The fourth-order valence-corrected chi connectivity index (χ4v) is 3.08. The number of nitrogens with zero attached hydrogens (tertiary/aromatic N) is 5. The van der Waals surface area contributed by atoms with Gasteiger partial charge in [-0.05, 0) is 30.0 Å². The van der Waals surface area contributed by atoms with Gasteiger partial charge in [0.2, 0.25) is 0 Å². The van der Waals surface area contributed by atoms with E-state index < -0.39 is 4.92 Å². The first-order valence-electron chi connectivity index (χ1n) is 6.87. The maximum absolute atomic E-state index is 10.7. The summed E-state index contributed by atoms with van der Waals surface area (Å²) in [5.41, 5.74) is 1.52. The van der Waals surface area contributed by atoms with Crippen LogP contribution in [0.25, 0.3) is 11.0 Å². The third-order valence-corrected chi connectivity index (χ3v) is 4.32. The van der Waals surface area contributed by atoms with Crippen LogP contribution in [0.3, 0.4) is 0 Å². The van der Waals surface area contributed by atoms with E-state index in [1.54, 1.807) is 19.2 Å². The van der Waals surface area contributed by atoms with Crippen molar-refractivity contribution in [2.24, 2.45) is 0 Å². The molecule has 24 heavy (non-hydrogen) atoms. The molecule has 8 nitrogen and oxygen atoms in total. The molecule has 0 atom stereocenters. The molecule has 0 saturated heterocycles. The van der Waals surface area contributed by atoms with Gasteiger partial charge in [0.15, 0.2) is 10.3 Å². The number of benzene rings is 1. The minimum absolute atomic E-state index is 0.154. The zero-order chi connectivity index (χ0) is 17.1. The van der Waals surface area contributed by atoms with Gasteiger partial charge >= 0.3 is 5.69 Å². The Balaban J connectivity index is 1.96. The highest BCUT2D eigenvalue weighted by atomic mass is 35.5. The number of imidazole rings is 1. The molecule has 0 N–H and O–H groups in total. The third kappa shape index (κ3) is 3.48. The SMILES string of the molecule is COCCn1c(Sc2ncc([N+](=O)[O-])cn2)nc2cc(Cl)ccc21. The number of rotatable bonds is 6. The lowest BCUT2D eigenvalue weighted by Gasteiger charge is -2.07. The summed E-state index contributed by atoms with van der Waals surface area (Å²) in [4.78, 5) is 22.7. The van der Waals surface area contributed by atoms with Crippen LogP contribution in [0.15, 0.2) is 40.9 Å². The average Bonchev–Trinajstić information content (AvgIpc) is 2.89. The molecule has 10 heteroatoms. The van der Waals surface area contributed by atoms with Crippen molar-refractivity contribution in [2.75, 3.05) is 13.7 Å². The molecule has 3 rings (SSSR count). The smallest absolute Gasteiger partial charge is 0.305 e. The van der Waals surface area contributed by atoms with Crippen LogP contribution in [0.4, 0.5) is 5.69 Å². The molecule has 0 radical (unpaired) electrons. The van der Waals surface area contributed by atoms with E-state index >= 15 is 0 Å². The predicted molar refractivity (Wildman–Crippen MR) is 89.4 cm³/mol. The second kappa shape index (κ2) is 7.12. The molecule has 0 aliphatic carbocycles. The van der Waals surface area contributed by atoms with Crippen molar-refractivity contribution in [1.29, 1.82) is 0 Å². The van der Waals surface area contributed by atoms with Gasteiger partial charge in [-0.25, -0.2) is 15.0 Å². The maximum Gasteiger partial charge on any atom is 0.305 e. The number of fused-ring (bicyclic) bond motifs is 1. The van der Waals surface area contributed by atoms with Gasteiger partial charge in [-0.3, -0.25) is 10.1 Å². The van der Waals surface area contributed by atoms with Crippen LogP contribution in [-0.4, -0.2) is 38.2 Å². The molecule has 0 bridgehead atoms. The van der Waals surface area contributed by atoms with E-state index in [0.717, 1.165) is 11.0 Å². The van der Waals surface area contributed by atoms with Crippen LogP contribution >= 0.6 is 23.4 Å². The highest BCUT2D eigenvalue weighted by Gasteiger charge is 2.15. The third-order valence-electron chi connectivity index (χ3n) is 3.20. The predicted octanol–water partition coefficient (Wildman–Crippen LogP) is 3.19. The normalized spacial score (nSPS) is 11.1. The lowest BCUT2D eigenvalue weighted by molar-refractivity contribution is -0.385. The molecule has 3 aromatic rings. The first kappa shape index (κ1) is 16.6. The lowest BCUT2D eigenvalue weighted by Crippen LogP contribution is -2.05. The Morgan fingerprint density at radius 1 is 1.38 bits per heavy atom. The van der Waals surface area contributed by atoms with Crippen molar-refractivity contribution >= 4 is 40.1 Å². The van der Waals surface area contributed by atoms with Crippen LogP contribution in [0, 0.1) is 10.1 Å². The summed E-state index contributed by atoms with van der Waals surface area (Å²) in [6, 6.07) is 5.47. The molecule has 2 aromatic heterocycles. The van der Waals surface area contributed by atoms with Crippen LogP contribution in [-0.2, 0) is 11.3 Å². The summed E-state index contributed by atoms with van der Waals surface area (Å²) in [5.74, 6) is 0. The molecular weight excluding hydrogens is 354 g/mol. The van der Waals surface area contributed by atoms with Crippen LogP contribution in [0.1, 0.15) is 0 Å². The van der Waals surface area contributed by atoms with Gasteiger partial charge in [0.05, 0.1) is 22.6 Å². The van der Waals surface area contributed by atoms with Crippen molar-refractivity contribution in [3.63, 3.8) is 0 Å². The van der Waals surface area contributed by atoms with Gasteiger partial charge in [0.1, 0.15) is 12.4 Å². The quantitative estimate of drug-likeness (QED) is 0.376. The van der Waals surface area contributed by atoms with E-state index in [1.165, 1.54) is 24.2 Å². The van der Waals surface area contributed by atoms with Crippen LogP contribution in [0.5, 0.6) is 0 Å². The van der Waals surface area contributed by atoms with Gasteiger partial charge in [-0.15, -0.1) is 0 Å². The molecule has 0 fully saturated rings. The Hall–Kier alpha value is -2.23. The fraction of sp³-hybridized carbons (Fsp3) is 0.214. The van der Waals surface area contributed by atoms with Crippen molar-refractivity contribution in [1.82, 2.24) is 19.5 Å². The molecule has 0 spiro atoms. The molecule has 0 saturated carbocycles. The number of hydrogen-bond donors (Lipinski definition) is 0. The summed E-state index contributed by atoms with van der Waals surface area (Å²) < 4.78 is 7.12. The number of nitro groups is 1. The largest absolute Gasteiger partial charge is 0.383 e. The van der Waals surface area contributed by atoms with E-state index in [0.29, 0.717) is 28.5 Å². The Kier molecular flexibility index (Phi) is 4.93. The Bertz CT molecular complexity index is 884. The highest BCUT2D eigenvalue weighted by Crippen LogP contribution is 2.29. The van der Waals surface area contributed by atoms with E-state index in [4.69, 9.17) is 16.3 Å². The van der Waals surface area contributed by atoms with Crippen molar-refractivity contribution in [2.45, 2.75) is 16.9 Å². The Morgan fingerprint density at radius 2 is 2.12 bits per heavy atom. The fourth-order valence-electron chi connectivity index (χ4n) is 2.10. The topological polar surface area (TPSA) is 96.0 Å². The monoisotopic (exact) mass is 365 g/mol. The van der Waals surface area contributed by atoms with Crippen LogP contribution in [0.2, 0.25) is 5.02 Å². The summed E-state index contributed by atoms with van der Waals surface area (Å²) in [5, 5.41) is 12.3. The lowest BCUT2D eigenvalue weighted by atomic mass is 10.3. The first-order valence-corrected chi connectivity index (χ1v) is 8.07. The Labute approximate surface area is 146 Å². The van der Waals surface area contributed by atoms with E-state index in [9.17, 15) is 10.1 Å². The van der Waals surface area contributed by atoms with Gasteiger partial charge in [0.25, 0.3) is 0 Å². The van der Waals surface area contributed by atoms with E-state index in [2.05, 4.69) is 15.0 Å². The highest BCUT2D eigenvalue weighted by molar-refractivity contribution is 7.99.